The van der Waals surface area contributed by atoms with Crippen LogP contribution in [-0.4, -0.2) is 40.2 Å². The molecule has 0 aromatic carbocycles. The Morgan fingerprint density at radius 1 is 1.21 bits per heavy atom. The molecule has 0 aliphatic heterocycles. The molecule has 4 aromatic heterocycles. The second kappa shape index (κ2) is 8.22. The first-order valence-corrected chi connectivity index (χ1v) is 11.7. The average Bonchev–Trinajstić information content (AvgIpc) is 3.38. The van der Waals surface area contributed by atoms with E-state index in [0.717, 1.165) is 17.8 Å². The van der Waals surface area contributed by atoms with Crippen LogP contribution < -0.4 is 4.72 Å². The zero-order valence-corrected chi connectivity index (χ0v) is 18.8. The predicted octanol–water partition coefficient (Wildman–Crippen LogP) is 3.95. The molecule has 8 nitrogen and oxygen atoms in total. The highest BCUT2D eigenvalue weighted by Crippen LogP contribution is 2.36. The summed E-state index contributed by atoms with van der Waals surface area (Å²) in [5.41, 5.74) is 4.41. The van der Waals surface area contributed by atoms with Gasteiger partial charge in [0.2, 0.25) is 10.0 Å². The number of alkyl halides is 3. The van der Waals surface area contributed by atoms with E-state index in [2.05, 4.69) is 21.0 Å². The molecule has 0 fully saturated rings. The molecule has 1 N–H and O–H groups in total. The maximum Gasteiger partial charge on any atom is 0.404 e. The molecule has 0 spiro atoms. The first-order chi connectivity index (χ1) is 15.5. The minimum Gasteiger partial charge on any atom is -0.295 e. The third kappa shape index (κ3) is 4.20. The van der Waals surface area contributed by atoms with Crippen molar-refractivity contribution < 1.29 is 21.6 Å². The summed E-state index contributed by atoms with van der Waals surface area (Å²) in [5.74, 6) is 0. The molecule has 170 valence electrons. The Kier molecular flexibility index (Phi) is 5.69. The van der Waals surface area contributed by atoms with Crippen molar-refractivity contribution in [3.63, 3.8) is 0 Å². The lowest BCUT2D eigenvalue weighted by atomic mass is 10.1. The van der Waals surface area contributed by atoms with Crippen molar-refractivity contribution in [3.05, 3.63) is 53.4 Å². The molecule has 4 rings (SSSR count). The van der Waals surface area contributed by atoms with Gasteiger partial charge in [0.15, 0.2) is 0 Å². The van der Waals surface area contributed by atoms with Crippen molar-refractivity contribution in [2.45, 2.75) is 31.0 Å². The largest absolute Gasteiger partial charge is 0.404 e. The number of nitrogens with one attached hydrogen (secondary N) is 1. The van der Waals surface area contributed by atoms with Gasteiger partial charge in [-0.3, -0.25) is 19.5 Å². The van der Waals surface area contributed by atoms with Gasteiger partial charge < -0.3 is 0 Å². The van der Waals surface area contributed by atoms with Crippen LogP contribution in [0.4, 0.5) is 13.2 Å². The van der Waals surface area contributed by atoms with E-state index in [1.807, 2.05) is 13.0 Å². The number of aryl methyl sites for hydroxylation is 1. The third-order valence-corrected chi connectivity index (χ3v) is 7.09. The smallest absolute Gasteiger partial charge is 0.295 e. The van der Waals surface area contributed by atoms with Crippen LogP contribution in [0.25, 0.3) is 27.4 Å². The van der Waals surface area contributed by atoms with Crippen LogP contribution in [0.2, 0.25) is 0 Å². The minimum atomic E-state index is -4.73. The maximum absolute atomic E-state index is 12.8. The van der Waals surface area contributed by atoms with Crippen molar-refractivity contribution >= 4 is 32.4 Å². The number of halogens is 3. The molecule has 33 heavy (non-hydrogen) atoms. The molecule has 4 heterocycles. The molecule has 13 heteroatoms. The Hall–Kier alpha value is -3.34. The van der Waals surface area contributed by atoms with Crippen LogP contribution >= 0.6 is 11.3 Å². The van der Waals surface area contributed by atoms with Crippen LogP contribution in [0, 0.1) is 18.3 Å². The lowest BCUT2D eigenvalue weighted by molar-refractivity contribution is -0.147. The van der Waals surface area contributed by atoms with Gasteiger partial charge in [0.05, 0.1) is 28.6 Å². The van der Waals surface area contributed by atoms with E-state index in [-0.39, 0.29) is 11.3 Å². The van der Waals surface area contributed by atoms with Crippen molar-refractivity contribution in [3.8, 4) is 22.5 Å². The Balaban J connectivity index is 1.85. The molecule has 0 radical (unpaired) electrons. The van der Waals surface area contributed by atoms with Crippen molar-refractivity contribution in [2.24, 2.45) is 0 Å². The van der Waals surface area contributed by atoms with Gasteiger partial charge in [-0.2, -0.15) is 23.2 Å². The number of rotatable bonds is 5. The Bertz CT molecular complexity index is 1470. The number of nitriles is 1. The fourth-order valence-corrected chi connectivity index (χ4v) is 5.03. The zero-order valence-electron chi connectivity index (χ0n) is 17.1. The number of sulfonamides is 1. The molecule has 0 bridgehead atoms. The second-order valence-electron chi connectivity index (χ2n) is 7.15. The molecule has 0 saturated heterocycles. The standard InChI is InChI=1S/C20H15F3N6O2S2/c1-11-5-16-18(27-7-11)14(6-24)19(29(16)17-9-25-10-32-17)15-4-3-13(8-26-15)33(30,31)28-12(2)20(21,22)23/h3-5,7-10,12,28H,1-2H3/t12-/m0/s1. The molecule has 0 aliphatic carbocycles. The van der Waals surface area contributed by atoms with Gasteiger partial charge in [0, 0.05) is 12.4 Å². The molecule has 0 aliphatic rings. The van der Waals surface area contributed by atoms with Gasteiger partial charge in [-0.1, -0.05) is 0 Å². The number of hydrogen-bond donors (Lipinski definition) is 1. The van der Waals surface area contributed by atoms with E-state index in [0.29, 0.717) is 28.7 Å². The normalized spacial score (nSPS) is 13.2. The number of aromatic nitrogens is 4. The minimum absolute atomic E-state index is 0.227. The number of thiazole rings is 1. The quantitative estimate of drug-likeness (QED) is 0.451. The number of nitrogens with zero attached hydrogens (tertiary/aromatic N) is 5. The lowest BCUT2D eigenvalue weighted by Crippen LogP contribution is -2.42. The SMILES string of the molecule is Cc1cnc2c(C#N)c(-c3ccc(S(=O)(=O)N[C@@H](C)C(F)(F)F)cn3)n(-c3cncs3)c2c1. The molecule has 0 saturated carbocycles. The average molecular weight is 493 g/mol. The van der Waals surface area contributed by atoms with Gasteiger partial charge in [0.1, 0.15) is 33.1 Å². The highest BCUT2D eigenvalue weighted by molar-refractivity contribution is 7.89. The van der Waals surface area contributed by atoms with Crippen molar-refractivity contribution in [1.82, 2.24) is 24.2 Å². The van der Waals surface area contributed by atoms with E-state index in [9.17, 15) is 26.9 Å². The van der Waals surface area contributed by atoms with E-state index < -0.39 is 27.1 Å². The van der Waals surface area contributed by atoms with Crippen LogP contribution in [0.5, 0.6) is 0 Å². The van der Waals surface area contributed by atoms with Crippen LogP contribution in [0.1, 0.15) is 18.1 Å². The molecular weight excluding hydrogens is 477 g/mol. The summed E-state index contributed by atoms with van der Waals surface area (Å²) < 4.78 is 66.4. The molecule has 4 aromatic rings. The van der Waals surface area contributed by atoms with E-state index in [4.69, 9.17) is 0 Å². The highest BCUT2D eigenvalue weighted by Gasteiger charge is 2.39. The summed E-state index contributed by atoms with van der Waals surface area (Å²) in [4.78, 5) is 12.2. The Morgan fingerprint density at radius 2 is 1.97 bits per heavy atom. The topological polar surface area (TPSA) is 114 Å². The Labute approximate surface area is 190 Å². The highest BCUT2D eigenvalue weighted by atomic mass is 32.2. The summed E-state index contributed by atoms with van der Waals surface area (Å²) >= 11 is 1.32. The molecular formula is C20H15F3N6O2S2. The summed E-state index contributed by atoms with van der Waals surface area (Å²) in [7, 11) is -4.47. The van der Waals surface area contributed by atoms with E-state index in [1.165, 1.54) is 17.4 Å². The van der Waals surface area contributed by atoms with Gasteiger partial charge in [0.25, 0.3) is 0 Å². The Morgan fingerprint density at radius 3 is 2.55 bits per heavy atom. The van der Waals surface area contributed by atoms with Crippen LogP contribution in [0.3, 0.4) is 0 Å². The van der Waals surface area contributed by atoms with Gasteiger partial charge >= 0.3 is 6.18 Å². The van der Waals surface area contributed by atoms with Crippen LogP contribution in [-0.2, 0) is 10.0 Å². The second-order valence-corrected chi connectivity index (χ2v) is 9.73. The molecule has 0 unspecified atom stereocenters. The lowest BCUT2D eigenvalue weighted by Gasteiger charge is -2.17. The first kappa shape index (κ1) is 22.8. The third-order valence-electron chi connectivity index (χ3n) is 4.81. The molecule has 1 atom stereocenters. The number of fused-ring (bicyclic) bond motifs is 1. The van der Waals surface area contributed by atoms with Crippen LogP contribution in [0.15, 0.2) is 47.2 Å². The maximum atomic E-state index is 12.8. The van der Waals surface area contributed by atoms with Gasteiger partial charge in [-0.25, -0.2) is 8.42 Å². The van der Waals surface area contributed by atoms with Crippen molar-refractivity contribution in [2.75, 3.05) is 0 Å². The fourth-order valence-electron chi connectivity index (χ4n) is 3.21. The van der Waals surface area contributed by atoms with Crippen molar-refractivity contribution in [1.29, 1.82) is 5.26 Å². The molecule has 0 amide bonds. The first-order valence-electron chi connectivity index (χ1n) is 9.38. The predicted molar refractivity (Wildman–Crippen MR) is 115 cm³/mol. The summed E-state index contributed by atoms with van der Waals surface area (Å²) in [6.07, 6.45) is -0.545. The summed E-state index contributed by atoms with van der Waals surface area (Å²) in [6, 6.07) is 4.20. The summed E-state index contributed by atoms with van der Waals surface area (Å²) in [5, 5.41) is 10.5. The van der Waals surface area contributed by atoms with Gasteiger partial charge in [-0.15, -0.1) is 11.3 Å². The van der Waals surface area contributed by atoms with E-state index in [1.54, 1.807) is 27.2 Å². The zero-order chi connectivity index (χ0) is 24.0. The number of hydrogen-bond acceptors (Lipinski definition) is 7. The fraction of sp³-hybridized carbons (Fsp3) is 0.200. The number of pyridine rings is 2. The van der Waals surface area contributed by atoms with E-state index >= 15 is 0 Å². The monoisotopic (exact) mass is 492 g/mol. The van der Waals surface area contributed by atoms with Gasteiger partial charge in [-0.05, 0) is 37.6 Å². The summed E-state index contributed by atoms with van der Waals surface area (Å²) in [6.45, 7) is 2.57.